The zero-order valence-electron chi connectivity index (χ0n) is 11.1. The van der Waals surface area contributed by atoms with Gasteiger partial charge in [0.15, 0.2) is 0 Å². The van der Waals surface area contributed by atoms with E-state index in [1.807, 2.05) is 18.4 Å². The first-order valence-corrected chi connectivity index (χ1v) is 7.28. The summed E-state index contributed by atoms with van der Waals surface area (Å²) in [5.74, 6) is -0.834. The third kappa shape index (κ3) is 6.24. The zero-order valence-corrected chi connectivity index (χ0v) is 11.9. The maximum Gasteiger partial charge on any atom is 0.317 e. The number of urea groups is 1. The molecule has 0 unspecified atom stereocenters. The van der Waals surface area contributed by atoms with Crippen LogP contribution in [0.5, 0.6) is 0 Å². The molecule has 0 atom stereocenters. The van der Waals surface area contributed by atoms with Gasteiger partial charge in [-0.15, -0.1) is 11.3 Å². The van der Waals surface area contributed by atoms with Crippen LogP contribution in [0.25, 0.3) is 0 Å². The fourth-order valence-corrected chi connectivity index (χ4v) is 2.35. The predicted molar refractivity (Wildman–Crippen MR) is 75.5 cm³/mol. The lowest BCUT2D eigenvalue weighted by atomic mass is 10.3. The molecule has 1 heterocycles. The van der Waals surface area contributed by atoms with Gasteiger partial charge in [0, 0.05) is 30.9 Å². The van der Waals surface area contributed by atoms with Gasteiger partial charge in [-0.25, -0.2) is 4.79 Å². The van der Waals surface area contributed by atoms with Crippen molar-refractivity contribution in [2.75, 3.05) is 19.6 Å². The summed E-state index contributed by atoms with van der Waals surface area (Å²) < 4.78 is 0. The molecule has 0 radical (unpaired) electrons. The van der Waals surface area contributed by atoms with E-state index in [1.165, 1.54) is 4.88 Å². The summed E-state index contributed by atoms with van der Waals surface area (Å²) in [5.41, 5.74) is 0. The van der Waals surface area contributed by atoms with Crippen molar-refractivity contribution in [1.82, 2.24) is 10.2 Å². The molecule has 2 N–H and O–H groups in total. The Bertz CT molecular complexity index is 393. The molecule has 0 spiro atoms. The molecule has 0 fully saturated rings. The summed E-state index contributed by atoms with van der Waals surface area (Å²) in [6, 6.07) is 3.94. The van der Waals surface area contributed by atoms with Gasteiger partial charge in [-0.1, -0.05) is 6.07 Å². The highest BCUT2D eigenvalue weighted by molar-refractivity contribution is 7.09. The number of carboxylic acids is 1. The van der Waals surface area contributed by atoms with Crippen LogP contribution in [0.1, 0.15) is 24.6 Å². The Morgan fingerprint density at radius 3 is 2.84 bits per heavy atom. The van der Waals surface area contributed by atoms with Gasteiger partial charge in [0.05, 0.1) is 0 Å². The predicted octanol–water partition coefficient (Wildman–Crippen LogP) is 2.19. The second-order valence-corrected chi connectivity index (χ2v) is 5.17. The van der Waals surface area contributed by atoms with Crippen molar-refractivity contribution in [3.63, 3.8) is 0 Å². The van der Waals surface area contributed by atoms with E-state index in [-0.39, 0.29) is 12.5 Å². The molecule has 0 aromatic carbocycles. The van der Waals surface area contributed by atoms with Crippen molar-refractivity contribution in [3.8, 4) is 0 Å². The van der Waals surface area contributed by atoms with Crippen LogP contribution in [0, 0.1) is 0 Å². The van der Waals surface area contributed by atoms with Gasteiger partial charge in [0.25, 0.3) is 0 Å². The van der Waals surface area contributed by atoms with Crippen LogP contribution in [-0.2, 0) is 11.2 Å². The molecule has 1 aromatic rings. The van der Waals surface area contributed by atoms with Gasteiger partial charge in [-0.2, -0.15) is 0 Å². The Kier molecular flexibility index (Phi) is 6.95. The van der Waals surface area contributed by atoms with E-state index in [1.54, 1.807) is 16.2 Å². The number of thiophene rings is 1. The van der Waals surface area contributed by atoms with Crippen LogP contribution >= 0.6 is 11.3 Å². The van der Waals surface area contributed by atoms with E-state index in [0.717, 1.165) is 6.42 Å². The highest BCUT2D eigenvalue weighted by Gasteiger charge is 2.11. The molecule has 6 heteroatoms. The molecule has 0 aliphatic heterocycles. The first-order valence-electron chi connectivity index (χ1n) is 6.40. The van der Waals surface area contributed by atoms with E-state index in [2.05, 4.69) is 11.4 Å². The molecule has 1 rings (SSSR count). The van der Waals surface area contributed by atoms with Gasteiger partial charge in [-0.3, -0.25) is 4.79 Å². The molecule has 1 aromatic heterocycles. The van der Waals surface area contributed by atoms with Crippen LogP contribution in [0.3, 0.4) is 0 Å². The van der Waals surface area contributed by atoms with Crippen LogP contribution in [0.2, 0.25) is 0 Å². The smallest absolute Gasteiger partial charge is 0.317 e. The van der Waals surface area contributed by atoms with Gasteiger partial charge in [-0.05, 0) is 31.2 Å². The number of nitrogens with zero attached hydrogens (tertiary/aromatic N) is 1. The Labute approximate surface area is 117 Å². The molecule has 0 saturated heterocycles. The lowest BCUT2D eigenvalue weighted by molar-refractivity contribution is -0.137. The van der Waals surface area contributed by atoms with E-state index in [4.69, 9.17) is 5.11 Å². The average molecular weight is 284 g/mol. The van der Waals surface area contributed by atoms with Gasteiger partial charge in [0.1, 0.15) is 0 Å². The lowest BCUT2D eigenvalue weighted by Crippen LogP contribution is -2.41. The Morgan fingerprint density at radius 2 is 2.26 bits per heavy atom. The number of hydrogen-bond acceptors (Lipinski definition) is 3. The quantitative estimate of drug-likeness (QED) is 0.719. The van der Waals surface area contributed by atoms with Crippen molar-refractivity contribution in [1.29, 1.82) is 0 Å². The topological polar surface area (TPSA) is 69.6 Å². The summed E-state index contributed by atoms with van der Waals surface area (Å²) in [5, 5.41) is 13.3. The minimum absolute atomic E-state index is 0.0849. The van der Waals surface area contributed by atoms with Crippen LogP contribution < -0.4 is 5.32 Å². The average Bonchev–Trinajstić information content (AvgIpc) is 2.88. The number of rotatable bonds is 8. The Balaban J connectivity index is 2.25. The van der Waals surface area contributed by atoms with Crippen molar-refractivity contribution in [3.05, 3.63) is 22.4 Å². The number of amides is 2. The summed E-state index contributed by atoms with van der Waals surface area (Å²) >= 11 is 1.69. The number of nitrogens with one attached hydrogen (secondary N) is 1. The normalized spacial score (nSPS) is 10.2. The van der Waals surface area contributed by atoms with Crippen LogP contribution in [0.15, 0.2) is 17.5 Å². The van der Waals surface area contributed by atoms with Crippen molar-refractivity contribution in [2.45, 2.75) is 26.2 Å². The van der Waals surface area contributed by atoms with Gasteiger partial charge >= 0.3 is 12.0 Å². The molecular weight excluding hydrogens is 264 g/mol. The number of carbonyl (C=O) groups excluding carboxylic acids is 1. The summed E-state index contributed by atoms with van der Waals surface area (Å²) in [6.07, 6.45) is 1.40. The molecule has 19 heavy (non-hydrogen) atoms. The Morgan fingerprint density at radius 1 is 1.47 bits per heavy atom. The molecule has 0 saturated carbocycles. The summed E-state index contributed by atoms with van der Waals surface area (Å²) in [4.78, 5) is 25.2. The second-order valence-electron chi connectivity index (χ2n) is 4.14. The third-order valence-electron chi connectivity index (χ3n) is 2.72. The number of carbonyl (C=O) groups is 2. The monoisotopic (exact) mass is 284 g/mol. The molecule has 5 nitrogen and oxygen atoms in total. The van der Waals surface area contributed by atoms with Gasteiger partial charge in [0.2, 0.25) is 0 Å². The van der Waals surface area contributed by atoms with Gasteiger partial charge < -0.3 is 15.3 Å². The fraction of sp³-hybridized carbons (Fsp3) is 0.538. The first kappa shape index (κ1) is 15.5. The minimum atomic E-state index is -0.834. The standard InChI is InChI=1S/C13H20N2O3S/c1-2-15(9-7-11-5-4-10-19-11)13(18)14-8-3-6-12(16)17/h4-5,10H,2-3,6-9H2,1H3,(H,14,18)(H,16,17). The highest BCUT2D eigenvalue weighted by atomic mass is 32.1. The second kappa shape index (κ2) is 8.53. The van der Waals surface area contributed by atoms with Crippen LogP contribution in [0.4, 0.5) is 4.79 Å². The maximum absolute atomic E-state index is 11.8. The zero-order chi connectivity index (χ0) is 14.1. The molecule has 106 valence electrons. The lowest BCUT2D eigenvalue weighted by Gasteiger charge is -2.21. The SMILES string of the molecule is CCN(CCc1cccs1)C(=O)NCCCC(=O)O. The molecular formula is C13H20N2O3S. The Hall–Kier alpha value is -1.56. The summed E-state index contributed by atoms with van der Waals surface area (Å²) in [7, 11) is 0. The number of hydrogen-bond donors (Lipinski definition) is 2. The third-order valence-corrected chi connectivity index (χ3v) is 3.66. The van der Waals surface area contributed by atoms with Crippen molar-refractivity contribution in [2.24, 2.45) is 0 Å². The van der Waals surface area contributed by atoms with E-state index in [0.29, 0.717) is 26.1 Å². The maximum atomic E-state index is 11.8. The minimum Gasteiger partial charge on any atom is -0.481 e. The highest BCUT2D eigenvalue weighted by Crippen LogP contribution is 2.09. The van der Waals surface area contributed by atoms with E-state index >= 15 is 0 Å². The van der Waals surface area contributed by atoms with Crippen LogP contribution in [-0.4, -0.2) is 41.6 Å². The molecule has 0 bridgehead atoms. The first-order chi connectivity index (χ1) is 9.13. The summed E-state index contributed by atoms with van der Waals surface area (Å²) in [6.45, 7) is 3.67. The fourth-order valence-electron chi connectivity index (χ4n) is 1.65. The molecule has 0 aliphatic carbocycles. The van der Waals surface area contributed by atoms with Crippen molar-refractivity contribution >= 4 is 23.3 Å². The number of carboxylic acid groups (broad SMARTS) is 1. The number of aliphatic carboxylic acids is 1. The van der Waals surface area contributed by atoms with Crippen molar-refractivity contribution < 1.29 is 14.7 Å². The van der Waals surface area contributed by atoms with E-state index < -0.39 is 5.97 Å². The molecule has 2 amide bonds. The van der Waals surface area contributed by atoms with E-state index in [9.17, 15) is 9.59 Å². The largest absolute Gasteiger partial charge is 0.481 e. The molecule has 0 aliphatic rings. The number of likely N-dealkylation sites (N-methyl/N-ethyl adjacent to an activating group) is 1.